The van der Waals surface area contributed by atoms with E-state index in [1.807, 2.05) is 0 Å². The molecular formula is C7H18O3Si. The molecule has 0 aliphatic rings. The van der Waals surface area contributed by atoms with Gasteiger partial charge < -0.3 is 14.3 Å². The van der Waals surface area contributed by atoms with Crippen molar-refractivity contribution < 1.29 is 14.3 Å². The molecule has 0 fully saturated rings. The Morgan fingerprint density at radius 2 is 2.09 bits per heavy atom. The minimum atomic E-state index is -0.875. The second kappa shape index (κ2) is 8.20. The number of aliphatic hydroxyl groups excluding tert-OH is 1. The first-order valence-corrected chi connectivity index (χ1v) is 6.47. The smallest absolute Gasteiger partial charge is 0.173 e. The Balaban J connectivity index is 2.89. The van der Waals surface area contributed by atoms with Gasteiger partial charge in [0.25, 0.3) is 0 Å². The summed E-state index contributed by atoms with van der Waals surface area (Å²) in [4.78, 5) is 0. The maximum Gasteiger partial charge on any atom is 0.173 e. The topological polar surface area (TPSA) is 38.7 Å². The lowest BCUT2D eigenvalue weighted by atomic mass is 10.5. The van der Waals surface area contributed by atoms with Gasteiger partial charge >= 0.3 is 0 Å². The van der Waals surface area contributed by atoms with Crippen molar-refractivity contribution in [2.24, 2.45) is 0 Å². The van der Waals surface area contributed by atoms with Gasteiger partial charge in [0.15, 0.2) is 9.04 Å². The van der Waals surface area contributed by atoms with E-state index < -0.39 is 9.04 Å². The SMILES string of the molecule is CO[SiH](C)CCCOCCO. The fourth-order valence-corrected chi connectivity index (χ4v) is 1.73. The van der Waals surface area contributed by atoms with E-state index in [1.165, 1.54) is 0 Å². The first-order valence-electron chi connectivity index (χ1n) is 4.02. The third-order valence-electron chi connectivity index (χ3n) is 1.54. The van der Waals surface area contributed by atoms with Gasteiger partial charge in [0.05, 0.1) is 13.2 Å². The fourth-order valence-electron chi connectivity index (χ4n) is 0.757. The maximum absolute atomic E-state index is 8.38. The number of ether oxygens (including phenoxy) is 1. The van der Waals surface area contributed by atoms with E-state index in [0.717, 1.165) is 19.1 Å². The molecule has 0 spiro atoms. The normalized spacial score (nSPS) is 13.4. The standard InChI is InChI=1S/C7H18O3Si/c1-9-11(2)7-3-5-10-6-4-8/h8,11H,3-7H2,1-2H3. The van der Waals surface area contributed by atoms with Gasteiger partial charge in [-0.3, -0.25) is 0 Å². The first kappa shape index (κ1) is 11.1. The lowest BCUT2D eigenvalue weighted by molar-refractivity contribution is 0.0924. The molecule has 4 heteroatoms. The van der Waals surface area contributed by atoms with Gasteiger partial charge in [-0.05, 0) is 19.0 Å². The molecule has 1 atom stereocenters. The molecule has 0 aromatic heterocycles. The summed E-state index contributed by atoms with van der Waals surface area (Å²) in [5, 5.41) is 8.38. The quantitative estimate of drug-likeness (QED) is 0.452. The minimum absolute atomic E-state index is 0.122. The van der Waals surface area contributed by atoms with Crippen molar-refractivity contribution in [3.8, 4) is 0 Å². The van der Waals surface area contributed by atoms with Gasteiger partial charge in [-0.2, -0.15) is 0 Å². The van der Waals surface area contributed by atoms with E-state index in [-0.39, 0.29) is 6.61 Å². The Labute approximate surface area is 70.1 Å². The lowest BCUT2D eigenvalue weighted by Crippen LogP contribution is -2.11. The van der Waals surface area contributed by atoms with Crippen LogP contribution in [0.5, 0.6) is 0 Å². The third kappa shape index (κ3) is 8.00. The highest BCUT2D eigenvalue weighted by Gasteiger charge is 2.00. The van der Waals surface area contributed by atoms with E-state index in [0.29, 0.717) is 6.61 Å². The van der Waals surface area contributed by atoms with Gasteiger partial charge in [0, 0.05) is 13.7 Å². The van der Waals surface area contributed by atoms with Crippen LogP contribution in [0.3, 0.4) is 0 Å². The zero-order valence-corrected chi connectivity index (χ0v) is 8.53. The van der Waals surface area contributed by atoms with Gasteiger partial charge in [-0.25, -0.2) is 0 Å². The van der Waals surface area contributed by atoms with Gasteiger partial charge in [-0.15, -0.1) is 0 Å². The van der Waals surface area contributed by atoms with Crippen LogP contribution in [0.15, 0.2) is 0 Å². The summed E-state index contributed by atoms with van der Waals surface area (Å²) in [6.45, 7) is 3.51. The molecule has 11 heavy (non-hydrogen) atoms. The average Bonchev–Trinajstić information content (AvgIpc) is 2.04. The van der Waals surface area contributed by atoms with E-state index in [1.54, 1.807) is 7.11 Å². The number of aliphatic hydroxyl groups is 1. The number of hydrogen-bond donors (Lipinski definition) is 1. The Morgan fingerprint density at radius 1 is 1.36 bits per heavy atom. The van der Waals surface area contributed by atoms with Gasteiger partial charge in [-0.1, -0.05) is 0 Å². The van der Waals surface area contributed by atoms with Crippen LogP contribution in [0.4, 0.5) is 0 Å². The summed E-state index contributed by atoms with van der Waals surface area (Å²) in [6.07, 6.45) is 1.06. The van der Waals surface area contributed by atoms with Crippen molar-refractivity contribution in [1.82, 2.24) is 0 Å². The van der Waals surface area contributed by atoms with Crippen molar-refractivity contribution in [1.29, 1.82) is 0 Å². The molecule has 1 unspecified atom stereocenters. The summed E-state index contributed by atoms with van der Waals surface area (Å²) in [6, 6.07) is 1.15. The zero-order valence-electron chi connectivity index (χ0n) is 7.38. The van der Waals surface area contributed by atoms with Crippen LogP contribution >= 0.6 is 0 Å². The van der Waals surface area contributed by atoms with Crippen LogP contribution in [0.2, 0.25) is 12.6 Å². The van der Waals surface area contributed by atoms with Crippen molar-refractivity contribution >= 4 is 9.04 Å². The third-order valence-corrected chi connectivity index (χ3v) is 3.56. The molecule has 0 saturated heterocycles. The number of hydrogen-bond acceptors (Lipinski definition) is 3. The summed E-state index contributed by atoms with van der Waals surface area (Å²) in [7, 11) is 0.894. The van der Waals surface area contributed by atoms with E-state index in [4.69, 9.17) is 14.3 Å². The van der Waals surface area contributed by atoms with Crippen molar-refractivity contribution in [3.63, 3.8) is 0 Å². The average molecular weight is 178 g/mol. The molecule has 1 N–H and O–H groups in total. The highest BCUT2D eigenvalue weighted by Crippen LogP contribution is 1.97. The lowest BCUT2D eigenvalue weighted by Gasteiger charge is -2.06. The van der Waals surface area contributed by atoms with Crippen LogP contribution in [-0.4, -0.2) is 41.1 Å². The molecule has 0 bridgehead atoms. The molecule has 0 aliphatic carbocycles. The second-order valence-corrected chi connectivity index (χ2v) is 5.19. The molecule has 3 nitrogen and oxygen atoms in total. The number of rotatable bonds is 7. The monoisotopic (exact) mass is 178 g/mol. The molecule has 0 saturated carbocycles. The van der Waals surface area contributed by atoms with Crippen LogP contribution in [0.25, 0.3) is 0 Å². The van der Waals surface area contributed by atoms with Crippen LogP contribution in [-0.2, 0) is 9.16 Å². The summed E-state index contributed by atoms with van der Waals surface area (Å²) in [5.41, 5.74) is 0. The van der Waals surface area contributed by atoms with Crippen molar-refractivity contribution in [2.75, 3.05) is 26.9 Å². The molecule has 0 radical (unpaired) electrons. The Bertz CT molecular complexity index is 80.1. The Morgan fingerprint density at radius 3 is 2.64 bits per heavy atom. The molecule has 68 valence electrons. The molecule has 0 aromatic rings. The predicted molar refractivity (Wildman–Crippen MR) is 47.4 cm³/mol. The van der Waals surface area contributed by atoms with Crippen LogP contribution in [0.1, 0.15) is 6.42 Å². The summed E-state index contributed by atoms with van der Waals surface area (Å²) >= 11 is 0. The molecule has 0 aromatic carbocycles. The highest BCUT2D eigenvalue weighted by molar-refractivity contribution is 6.50. The minimum Gasteiger partial charge on any atom is -0.423 e. The largest absolute Gasteiger partial charge is 0.423 e. The van der Waals surface area contributed by atoms with Crippen molar-refractivity contribution in [2.45, 2.75) is 19.0 Å². The highest BCUT2D eigenvalue weighted by atomic mass is 28.3. The van der Waals surface area contributed by atoms with Gasteiger partial charge in [0.2, 0.25) is 0 Å². The first-order chi connectivity index (χ1) is 5.31. The van der Waals surface area contributed by atoms with Crippen molar-refractivity contribution in [3.05, 3.63) is 0 Å². The zero-order chi connectivity index (χ0) is 8.53. The molecule has 0 aliphatic heterocycles. The van der Waals surface area contributed by atoms with Gasteiger partial charge in [0.1, 0.15) is 0 Å². The Kier molecular flexibility index (Phi) is 8.27. The van der Waals surface area contributed by atoms with E-state index >= 15 is 0 Å². The molecule has 0 rings (SSSR count). The fraction of sp³-hybridized carbons (Fsp3) is 1.00. The van der Waals surface area contributed by atoms with Crippen LogP contribution in [0, 0.1) is 0 Å². The van der Waals surface area contributed by atoms with E-state index in [9.17, 15) is 0 Å². The molecule has 0 heterocycles. The summed E-state index contributed by atoms with van der Waals surface area (Å²) in [5.74, 6) is 0. The predicted octanol–water partition coefficient (Wildman–Crippen LogP) is 0.385. The second-order valence-electron chi connectivity index (χ2n) is 2.52. The maximum atomic E-state index is 8.38. The van der Waals surface area contributed by atoms with Crippen LogP contribution < -0.4 is 0 Å². The summed E-state index contributed by atoms with van der Waals surface area (Å²) < 4.78 is 10.3. The Hall–Kier alpha value is 0.0969. The molecular weight excluding hydrogens is 160 g/mol. The van der Waals surface area contributed by atoms with E-state index in [2.05, 4.69) is 6.55 Å². The molecule has 0 amide bonds.